The third-order valence-electron chi connectivity index (χ3n) is 3.25. The molecule has 0 unspecified atom stereocenters. The molecule has 1 N–H and O–H groups in total. The third-order valence-corrected chi connectivity index (χ3v) is 3.25. The Kier molecular flexibility index (Phi) is 5.95. The van der Waals surface area contributed by atoms with Crippen LogP contribution in [0.4, 0.5) is 8.78 Å². The lowest BCUT2D eigenvalue weighted by Gasteiger charge is -2.12. The molecule has 24 heavy (non-hydrogen) atoms. The number of alkyl halides is 2. The molecule has 0 saturated carbocycles. The maximum absolute atomic E-state index is 12.3. The van der Waals surface area contributed by atoms with Gasteiger partial charge in [0.25, 0.3) is 5.91 Å². The zero-order chi connectivity index (χ0) is 17.5. The van der Waals surface area contributed by atoms with Gasteiger partial charge in [0.1, 0.15) is 5.75 Å². The highest BCUT2D eigenvalue weighted by molar-refractivity contribution is 5.96. The van der Waals surface area contributed by atoms with Gasteiger partial charge in [-0.25, -0.2) is 0 Å². The van der Waals surface area contributed by atoms with Gasteiger partial charge in [0.05, 0.1) is 19.8 Å². The number of ether oxygens (including phenoxy) is 3. The van der Waals surface area contributed by atoms with Gasteiger partial charge in [-0.1, -0.05) is 18.2 Å². The zero-order valence-corrected chi connectivity index (χ0v) is 13.2. The summed E-state index contributed by atoms with van der Waals surface area (Å²) in [6.07, 6.45) is 0. The Balaban J connectivity index is 2.07. The highest BCUT2D eigenvalue weighted by Crippen LogP contribution is 2.29. The second kappa shape index (κ2) is 8.14. The number of carbonyl (C=O) groups is 1. The van der Waals surface area contributed by atoms with Gasteiger partial charge in [-0.2, -0.15) is 8.78 Å². The van der Waals surface area contributed by atoms with Gasteiger partial charge in [0.2, 0.25) is 0 Å². The first-order valence-electron chi connectivity index (χ1n) is 7.08. The Morgan fingerprint density at radius 1 is 1.04 bits per heavy atom. The van der Waals surface area contributed by atoms with Gasteiger partial charge in [-0.3, -0.25) is 4.79 Å². The summed E-state index contributed by atoms with van der Waals surface area (Å²) >= 11 is 0. The van der Waals surface area contributed by atoms with Crippen molar-refractivity contribution < 1.29 is 27.8 Å². The third kappa shape index (κ3) is 4.34. The van der Waals surface area contributed by atoms with Gasteiger partial charge >= 0.3 is 6.61 Å². The van der Waals surface area contributed by atoms with Crippen LogP contribution in [0.2, 0.25) is 0 Å². The average Bonchev–Trinajstić information content (AvgIpc) is 2.60. The number of nitrogens with one attached hydrogen (secondary N) is 1. The van der Waals surface area contributed by atoms with E-state index in [1.54, 1.807) is 30.3 Å². The molecule has 0 saturated heterocycles. The highest BCUT2D eigenvalue weighted by Gasteiger charge is 2.13. The van der Waals surface area contributed by atoms with Gasteiger partial charge < -0.3 is 19.5 Å². The van der Waals surface area contributed by atoms with Gasteiger partial charge in [0, 0.05) is 6.54 Å². The number of halogens is 2. The maximum Gasteiger partial charge on any atom is 0.387 e. The molecule has 1 amide bonds. The van der Waals surface area contributed by atoms with Crippen molar-refractivity contribution in [2.24, 2.45) is 0 Å². The summed E-state index contributed by atoms with van der Waals surface area (Å²) in [5.41, 5.74) is 1.08. The van der Waals surface area contributed by atoms with E-state index in [9.17, 15) is 13.6 Å². The van der Waals surface area contributed by atoms with E-state index >= 15 is 0 Å². The number of benzene rings is 2. The first-order chi connectivity index (χ1) is 11.5. The van der Waals surface area contributed by atoms with E-state index in [0.29, 0.717) is 16.9 Å². The van der Waals surface area contributed by atoms with Gasteiger partial charge in [0.15, 0.2) is 11.5 Å². The Morgan fingerprint density at radius 3 is 2.42 bits per heavy atom. The van der Waals surface area contributed by atoms with Crippen molar-refractivity contribution in [3.05, 3.63) is 53.6 Å². The molecule has 0 fully saturated rings. The number of carbonyl (C=O) groups excluding carboxylic acids is 1. The lowest BCUT2D eigenvalue weighted by Crippen LogP contribution is -2.23. The lowest BCUT2D eigenvalue weighted by atomic mass is 10.1. The second-order valence-corrected chi connectivity index (χ2v) is 4.75. The second-order valence-electron chi connectivity index (χ2n) is 4.75. The van der Waals surface area contributed by atoms with Crippen molar-refractivity contribution in [3.63, 3.8) is 0 Å². The van der Waals surface area contributed by atoms with Crippen LogP contribution in [0.5, 0.6) is 17.2 Å². The van der Waals surface area contributed by atoms with Gasteiger partial charge in [-0.05, 0) is 29.8 Å². The van der Waals surface area contributed by atoms with E-state index in [-0.39, 0.29) is 24.0 Å². The van der Waals surface area contributed by atoms with Crippen molar-refractivity contribution in [2.75, 3.05) is 14.2 Å². The minimum Gasteiger partial charge on any atom is -0.496 e. The Hall–Kier alpha value is -2.83. The first kappa shape index (κ1) is 17.5. The van der Waals surface area contributed by atoms with Crippen LogP contribution in [0.3, 0.4) is 0 Å². The molecule has 0 aromatic heterocycles. The Labute approximate surface area is 138 Å². The van der Waals surface area contributed by atoms with E-state index in [0.717, 1.165) is 0 Å². The van der Waals surface area contributed by atoms with Crippen molar-refractivity contribution in [3.8, 4) is 17.2 Å². The Morgan fingerprint density at radius 2 is 1.75 bits per heavy atom. The van der Waals surface area contributed by atoms with E-state index < -0.39 is 6.61 Å². The predicted octanol–water partition coefficient (Wildman–Crippen LogP) is 3.24. The van der Waals surface area contributed by atoms with Crippen molar-refractivity contribution in [2.45, 2.75) is 13.2 Å². The molecule has 0 aliphatic heterocycles. The van der Waals surface area contributed by atoms with Gasteiger partial charge in [-0.15, -0.1) is 0 Å². The summed E-state index contributed by atoms with van der Waals surface area (Å²) in [7, 11) is 2.84. The summed E-state index contributed by atoms with van der Waals surface area (Å²) in [6, 6.07) is 11.3. The van der Waals surface area contributed by atoms with E-state index in [4.69, 9.17) is 9.47 Å². The molecule has 0 spiro atoms. The highest BCUT2D eigenvalue weighted by atomic mass is 19.3. The normalized spacial score (nSPS) is 10.4. The number of hydrogen-bond acceptors (Lipinski definition) is 4. The van der Waals surface area contributed by atoms with Crippen LogP contribution < -0.4 is 19.5 Å². The molecule has 0 radical (unpaired) electrons. The molecule has 0 aliphatic rings. The average molecular weight is 337 g/mol. The molecule has 0 heterocycles. The number of rotatable bonds is 7. The molecule has 2 aromatic rings. The minimum absolute atomic E-state index is 0.0627. The van der Waals surface area contributed by atoms with Crippen LogP contribution in [-0.4, -0.2) is 26.7 Å². The zero-order valence-electron chi connectivity index (χ0n) is 13.2. The van der Waals surface area contributed by atoms with E-state index in [1.165, 1.54) is 26.4 Å². The van der Waals surface area contributed by atoms with E-state index in [1.807, 2.05) is 0 Å². The van der Waals surface area contributed by atoms with E-state index in [2.05, 4.69) is 10.1 Å². The molecule has 0 bridgehead atoms. The summed E-state index contributed by atoms with van der Waals surface area (Å²) in [5.74, 6) is 0.263. The van der Waals surface area contributed by atoms with Crippen LogP contribution in [-0.2, 0) is 6.54 Å². The first-order valence-corrected chi connectivity index (χ1v) is 7.08. The molecule has 0 atom stereocenters. The summed E-state index contributed by atoms with van der Waals surface area (Å²) in [5, 5.41) is 2.74. The summed E-state index contributed by atoms with van der Waals surface area (Å²) in [4.78, 5) is 12.2. The number of para-hydroxylation sites is 1. The molecule has 2 aromatic carbocycles. The smallest absolute Gasteiger partial charge is 0.387 e. The SMILES string of the molecule is COc1cc(CNC(=O)c2ccccc2OC)ccc1OC(F)F. The van der Waals surface area contributed by atoms with Crippen LogP contribution in [0.25, 0.3) is 0 Å². The fraction of sp³-hybridized carbons (Fsp3) is 0.235. The molecule has 0 aliphatic carbocycles. The lowest BCUT2D eigenvalue weighted by molar-refractivity contribution is -0.0512. The quantitative estimate of drug-likeness (QED) is 0.843. The summed E-state index contributed by atoms with van der Waals surface area (Å²) in [6.45, 7) is -2.74. The predicted molar refractivity (Wildman–Crippen MR) is 83.8 cm³/mol. The van der Waals surface area contributed by atoms with Crippen molar-refractivity contribution >= 4 is 5.91 Å². The fourth-order valence-electron chi connectivity index (χ4n) is 2.13. The van der Waals surface area contributed by atoms with Crippen molar-refractivity contribution in [1.29, 1.82) is 0 Å². The standard InChI is InChI=1S/C17H17F2NO4/c1-22-13-6-4-3-5-12(13)16(21)20-10-11-7-8-14(24-17(18)19)15(9-11)23-2/h3-9,17H,10H2,1-2H3,(H,20,21). The molecular weight excluding hydrogens is 320 g/mol. The topological polar surface area (TPSA) is 56.8 Å². The van der Waals surface area contributed by atoms with Crippen LogP contribution in [0, 0.1) is 0 Å². The molecular formula is C17H17F2NO4. The summed E-state index contributed by atoms with van der Waals surface area (Å²) < 4.78 is 39.1. The molecule has 128 valence electrons. The largest absolute Gasteiger partial charge is 0.496 e. The number of amides is 1. The van der Waals surface area contributed by atoms with Crippen LogP contribution in [0.15, 0.2) is 42.5 Å². The van der Waals surface area contributed by atoms with Crippen LogP contribution in [0.1, 0.15) is 15.9 Å². The Bertz CT molecular complexity index is 707. The van der Waals surface area contributed by atoms with Crippen LogP contribution >= 0.6 is 0 Å². The monoisotopic (exact) mass is 337 g/mol. The maximum atomic E-state index is 12.3. The van der Waals surface area contributed by atoms with Crippen molar-refractivity contribution in [1.82, 2.24) is 5.32 Å². The molecule has 7 heteroatoms. The molecule has 5 nitrogen and oxygen atoms in total. The number of methoxy groups -OCH3 is 2. The molecule has 2 rings (SSSR count). The fourth-order valence-corrected chi connectivity index (χ4v) is 2.13. The number of hydrogen-bond donors (Lipinski definition) is 1. The minimum atomic E-state index is -2.94.